The standard InChI is InChI=1S/C18H17N3O6S/c1-3-20-28(23,24)17-7-11(4-5-14(17)25-2)18(22)21-13-8-16-15(26-10-27-16)6-12(13)9-19/h4-8,20H,3,10H2,1-2H3,(H,21,22). The van der Waals surface area contributed by atoms with E-state index < -0.39 is 15.9 Å². The third-order valence-electron chi connectivity index (χ3n) is 3.93. The number of carbonyl (C=O) groups excluding carboxylic acids is 1. The summed E-state index contributed by atoms with van der Waals surface area (Å²) in [5.41, 5.74) is 0.495. The van der Waals surface area contributed by atoms with Gasteiger partial charge in [-0.25, -0.2) is 13.1 Å². The molecule has 0 aromatic heterocycles. The summed E-state index contributed by atoms with van der Waals surface area (Å²) < 4.78 is 42.7. The van der Waals surface area contributed by atoms with E-state index in [1.165, 1.54) is 37.4 Å². The van der Waals surface area contributed by atoms with Crippen LogP contribution in [0.1, 0.15) is 22.8 Å². The quantitative estimate of drug-likeness (QED) is 0.753. The Hall–Kier alpha value is -3.29. The van der Waals surface area contributed by atoms with E-state index in [0.29, 0.717) is 11.5 Å². The molecule has 3 rings (SSSR count). The fraction of sp³-hybridized carbons (Fsp3) is 0.222. The molecular formula is C18H17N3O6S. The molecule has 0 unspecified atom stereocenters. The average Bonchev–Trinajstić information content (AvgIpc) is 3.14. The maximum Gasteiger partial charge on any atom is 0.255 e. The number of rotatable bonds is 6. The molecule has 9 nitrogen and oxygen atoms in total. The number of nitrogens with one attached hydrogen (secondary N) is 2. The molecular weight excluding hydrogens is 386 g/mol. The molecule has 2 aromatic carbocycles. The summed E-state index contributed by atoms with van der Waals surface area (Å²) in [6, 6.07) is 8.96. The van der Waals surface area contributed by atoms with Crippen LogP contribution >= 0.6 is 0 Å². The molecule has 1 aliphatic rings. The smallest absolute Gasteiger partial charge is 0.255 e. The lowest BCUT2D eigenvalue weighted by molar-refractivity contribution is 0.102. The van der Waals surface area contributed by atoms with Gasteiger partial charge in [0, 0.05) is 24.2 Å². The first-order valence-electron chi connectivity index (χ1n) is 8.22. The highest BCUT2D eigenvalue weighted by Crippen LogP contribution is 2.37. The molecule has 0 aliphatic carbocycles. The third kappa shape index (κ3) is 3.71. The Labute approximate surface area is 161 Å². The maximum absolute atomic E-state index is 12.7. The van der Waals surface area contributed by atoms with Crippen LogP contribution in [0.5, 0.6) is 17.2 Å². The van der Waals surface area contributed by atoms with Crippen LogP contribution in [0, 0.1) is 11.3 Å². The first kappa shape index (κ1) is 19.5. The predicted molar refractivity (Wildman–Crippen MR) is 99.1 cm³/mol. The van der Waals surface area contributed by atoms with Crippen molar-refractivity contribution in [2.45, 2.75) is 11.8 Å². The molecule has 0 spiro atoms. The fourth-order valence-corrected chi connectivity index (χ4v) is 3.86. The number of sulfonamides is 1. The van der Waals surface area contributed by atoms with E-state index in [0.717, 1.165) is 0 Å². The summed E-state index contributed by atoms with van der Waals surface area (Å²) in [7, 11) is -2.51. The largest absolute Gasteiger partial charge is 0.495 e. The predicted octanol–water partition coefficient (Wildman–Crippen LogP) is 1.85. The number of hydrogen-bond donors (Lipinski definition) is 2. The van der Waals surface area contributed by atoms with Crippen molar-refractivity contribution in [2.24, 2.45) is 0 Å². The molecule has 1 heterocycles. The molecule has 0 saturated carbocycles. The molecule has 0 radical (unpaired) electrons. The van der Waals surface area contributed by atoms with Gasteiger partial charge < -0.3 is 19.5 Å². The van der Waals surface area contributed by atoms with Crippen molar-refractivity contribution in [1.82, 2.24) is 4.72 Å². The topological polar surface area (TPSA) is 127 Å². The van der Waals surface area contributed by atoms with Crippen molar-refractivity contribution in [3.05, 3.63) is 41.5 Å². The number of nitrogens with zero attached hydrogens (tertiary/aromatic N) is 1. The second kappa shape index (κ2) is 7.75. The van der Waals surface area contributed by atoms with Gasteiger partial charge in [0.05, 0.1) is 18.4 Å². The number of anilines is 1. The minimum atomic E-state index is -3.85. The van der Waals surface area contributed by atoms with Gasteiger partial charge in [-0.1, -0.05) is 6.92 Å². The minimum Gasteiger partial charge on any atom is -0.495 e. The van der Waals surface area contributed by atoms with Crippen LogP contribution in [0.25, 0.3) is 0 Å². The van der Waals surface area contributed by atoms with Gasteiger partial charge in [-0.15, -0.1) is 0 Å². The Bertz CT molecular complexity index is 1080. The number of hydrogen-bond acceptors (Lipinski definition) is 7. The van der Waals surface area contributed by atoms with Crippen LogP contribution in [0.2, 0.25) is 0 Å². The molecule has 0 saturated heterocycles. The van der Waals surface area contributed by atoms with Gasteiger partial charge in [-0.05, 0) is 18.2 Å². The Morgan fingerprint density at radius 1 is 1.25 bits per heavy atom. The van der Waals surface area contributed by atoms with E-state index in [9.17, 15) is 18.5 Å². The highest BCUT2D eigenvalue weighted by molar-refractivity contribution is 7.89. The zero-order chi connectivity index (χ0) is 20.3. The van der Waals surface area contributed by atoms with Gasteiger partial charge in [-0.2, -0.15) is 5.26 Å². The first-order chi connectivity index (χ1) is 13.4. The van der Waals surface area contributed by atoms with E-state index in [1.54, 1.807) is 6.92 Å². The van der Waals surface area contributed by atoms with Crippen LogP contribution in [0.4, 0.5) is 5.69 Å². The lowest BCUT2D eigenvalue weighted by Crippen LogP contribution is -2.24. The van der Waals surface area contributed by atoms with Gasteiger partial charge >= 0.3 is 0 Å². The van der Waals surface area contributed by atoms with E-state index in [4.69, 9.17) is 14.2 Å². The lowest BCUT2D eigenvalue weighted by Gasteiger charge is -2.12. The summed E-state index contributed by atoms with van der Waals surface area (Å²) >= 11 is 0. The molecule has 2 aromatic rings. The molecule has 1 amide bonds. The van der Waals surface area contributed by atoms with Crippen LogP contribution in [-0.4, -0.2) is 34.8 Å². The monoisotopic (exact) mass is 403 g/mol. The molecule has 2 N–H and O–H groups in total. The fourth-order valence-electron chi connectivity index (χ4n) is 2.63. The SMILES string of the molecule is CCNS(=O)(=O)c1cc(C(=O)Nc2cc3c(cc2C#N)OCO3)ccc1OC. The van der Waals surface area contributed by atoms with Crippen LogP contribution < -0.4 is 24.2 Å². The van der Waals surface area contributed by atoms with Crippen molar-refractivity contribution < 1.29 is 27.4 Å². The van der Waals surface area contributed by atoms with Crippen LogP contribution in [0.3, 0.4) is 0 Å². The number of fused-ring (bicyclic) bond motifs is 1. The number of amides is 1. The maximum atomic E-state index is 12.7. The normalized spacial score (nSPS) is 12.3. The lowest BCUT2D eigenvalue weighted by atomic mass is 10.1. The van der Waals surface area contributed by atoms with E-state index in [1.807, 2.05) is 6.07 Å². The van der Waals surface area contributed by atoms with Gasteiger partial charge in [0.25, 0.3) is 5.91 Å². The number of benzene rings is 2. The Balaban J connectivity index is 1.95. The van der Waals surface area contributed by atoms with Crippen molar-refractivity contribution in [3.63, 3.8) is 0 Å². The van der Waals surface area contributed by atoms with E-state index in [-0.39, 0.29) is 40.8 Å². The number of methoxy groups -OCH3 is 1. The summed E-state index contributed by atoms with van der Waals surface area (Å²) in [6.07, 6.45) is 0. The van der Waals surface area contributed by atoms with Gasteiger partial charge in [0.1, 0.15) is 16.7 Å². The Morgan fingerprint density at radius 2 is 1.96 bits per heavy atom. The number of ether oxygens (including phenoxy) is 3. The highest BCUT2D eigenvalue weighted by atomic mass is 32.2. The minimum absolute atomic E-state index is 0.0295. The number of nitriles is 1. The van der Waals surface area contributed by atoms with Crippen LogP contribution in [0.15, 0.2) is 35.2 Å². The molecule has 0 fully saturated rings. The highest BCUT2D eigenvalue weighted by Gasteiger charge is 2.22. The average molecular weight is 403 g/mol. The summed E-state index contributed by atoms with van der Waals surface area (Å²) in [4.78, 5) is 12.5. The van der Waals surface area contributed by atoms with E-state index in [2.05, 4.69) is 10.0 Å². The Morgan fingerprint density at radius 3 is 2.61 bits per heavy atom. The summed E-state index contributed by atoms with van der Waals surface area (Å²) in [5, 5.41) is 11.9. The zero-order valence-corrected chi connectivity index (χ0v) is 15.9. The summed E-state index contributed by atoms with van der Waals surface area (Å²) in [5.74, 6) is 0.335. The Kier molecular flexibility index (Phi) is 5.39. The van der Waals surface area contributed by atoms with Crippen molar-refractivity contribution in [1.29, 1.82) is 5.26 Å². The number of carbonyl (C=O) groups is 1. The molecule has 0 bridgehead atoms. The first-order valence-corrected chi connectivity index (χ1v) is 9.70. The van der Waals surface area contributed by atoms with E-state index >= 15 is 0 Å². The van der Waals surface area contributed by atoms with Gasteiger partial charge in [0.15, 0.2) is 11.5 Å². The second-order valence-electron chi connectivity index (χ2n) is 5.68. The van der Waals surface area contributed by atoms with Crippen molar-refractivity contribution in [2.75, 3.05) is 25.8 Å². The van der Waals surface area contributed by atoms with Crippen molar-refractivity contribution in [3.8, 4) is 23.3 Å². The molecule has 10 heteroatoms. The molecule has 0 atom stereocenters. The molecule has 146 valence electrons. The van der Waals surface area contributed by atoms with Crippen LogP contribution in [-0.2, 0) is 10.0 Å². The molecule has 1 aliphatic heterocycles. The third-order valence-corrected chi connectivity index (χ3v) is 5.50. The molecule has 28 heavy (non-hydrogen) atoms. The summed E-state index contributed by atoms with van der Waals surface area (Å²) in [6.45, 7) is 1.86. The van der Waals surface area contributed by atoms with Crippen molar-refractivity contribution >= 4 is 21.6 Å². The van der Waals surface area contributed by atoms with Gasteiger partial charge in [-0.3, -0.25) is 4.79 Å². The van der Waals surface area contributed by atoms with Gasteiger partial charge in [0.2, 0.25) is 16.8 Å². The zero-order valence-electron chi connectivity index (χ0n) is 15.1. The second-order valence-corrected chi connectivity index (χ2v) is 7.42.